The maximum absolute atomic E-state index is 13.6. The summed E-state index contributed by atoms with van der Waals surface area (Å²) >= 11 is 0. The summed E-state index contributed by atoms with van der Waals surface area (Å²) in [6.45, 7) is 2.16. The van der Waals surface area contributed by atoms with Crippen LogP contribution < -0.4 is 4.74 Å². The molecule has 0 atom stereocenters. The molecule has 4 nitrogen and oxygen atoms in total. The number of carboxylic acid groups (broad SMARTS) is 1. The summed E-state index contributed by atoms with van der Waals surface area (Å²) in [6.07, 6.45) is 7.87. The molecule has 0 saturated heterocycles. The molecule has 0 heterocycles. The molecule has 0 radical (unpaired) electrons. The van der Waals surface area contributed by atoms with Gasteiger partial charge in [0.25, 0.3) is 0 Å². The predicted octanol–water partition coefficient (Wildman–Crippen LogP) is 4.57. The minimum absolute atomic E-state index is 0.177. The topological polar surface area (TPSA) is 63.6 Å². The summed E-state index contributed by atoms with van der Waals surface area (Å²) in [4.78, 5) is 22.3. The van der Waals surface area contributed by atoms with E-state index in [4.69, 9.17) is 9.84 Å². The highest BCUT2D eigenvalue weighted by molar-refractivity contribution is 5.87. The Morgan fingerprint density at radius 3 is 2.32 bits per heavy atom. The van der Waals surface area contributed by atoms with Gasteiger partial charge in [-0.2, -0.15) is 0 Å². The molecule has 22 heavy (non-hydrogen) atoms. The highest BCUT2D eigenvalue weighted by Crippen LogP contribution is 2.19. The number of carbonyl (C=O) groups excluding carboxylic acids is 1. The molecular formula is C17H23FO4. The standard InChI is InChI=1S/C17H23FO4/c1-2-3-4-5-6-7-8-9-16(19)22-15-11-10-13(17(20)21)12-14(15)18/h10-12H,2-9H2,1H3,(H,20,21). The number of unbranched alkanes of at least 4 members (excludes halogenated alkanes) is 6. The van der Waals surface area contributed by atoms with Crippen molar-refractivity contribution in [3.8, 4) is 5.75 Å². The average molecular weight is 310 g/mol. The second-order valence-corrected chi connectivity index (χ2v) is 5.30. The quantitative estimate of drug-likeness (QED) is 0.390. The highest BCUT2D eigenvalue weighted by atomic mass is 19.1. The van der Waals surface area contributed by atoms with Gasteiger partial charge in [-0.15, -0.1) is 0 Å². The van der Waals surface area contributed by atoms with Gasteiger partial charge in [-0.25, -0.2) is 9.18 Å². The van der Waals surface area contributed by atoms with E-state index < -0.39 is 17.8 Å². The normalized spacial score (nSPS) is 10.5. The second kappa shape index (κ2) is 9.92. The van der Waals surface area contributed by atoms with Gasteiger partial charge < -0.3 is 9.84 Å². The fraction of sp³-hybridized carbons (Fsp3) is 0.529. The van der Waals surface area contributed by atoms with Crippen molar-refractivity contribution in [1.82, 2.24) is 0 Å². The van der Waals surface area contributed by atoms with Gasteiger partial charge in [-0.05, 0) is 24.6 Å². The van der Waals surface area contributed by atoms with Crippen molar-refractivity contribution >= 4 is 11.9 Å². The minimum Gasteiger partial charge on any atom is -0.478 e. The number of ether oxygens (including phenoxy) is 1. The van der Waals surface area contributed by atoms with Crippen LogP contribution in [0, 0.1) is 5.82 Å². The van der Waals surface area contributed by atoms with Gasteiger partial charge in [-0.1, -0.05) is 45.4 Å². The third-order valence-corrected chi connectivity index (χ3v) is 3.39. The minimum atomic E-state index is -1.22. The van der Waals surface area contributed by atoms with Crippen LogP contribution in [0.5, 0.6) is 5.75 Å². The fourth-order valence-corrected chi connectivity index (χ4v) is 2.12. The number of hydrogen-bond donors (Lipinski definition) is 1. The summed E-state index contributed by atoms with van der Waals surface area (Å²) in [5, 5.41) is 8.73. The molecule has 0 aliphatic rings. The summed E-state index contributed by atoms with van der Waals surface area (Å²) in [5.74, 6) is -2.78. The van der Waals surface area contributed by atoms with Gasteiger partial charge in [-0.3, -0.25) is 4.79 Å². The largest absolute Gasteiger partial charge is 0.478 e. The van der Waals surface area contributed by atoms with Crippen LogP contribution in [0.15, 0.2) is 18.2 Å². The smallest absolute Gasteiger partial charge is 0.335 e. The zero-order valence-corrected chi connectivity index (χ0v) is 12.9. The van der Waals surface area contributed by atoms with E-state index in [0.29, 0.717) is 0 Å². The summed E-state index contributed by atoms with van der Waals surface area (Å²) < 4.78 is 18.5. The van der Waals surface area contributed by atoms with E-state index in [1.54, 1.807) is 0 Å². The maximum Gasteiger partial charge on any atom is 0.335 e. The zero-order chi connectivity index (χ0) is 16.4. The van der Waals surface area contributed by atoms with Crippen molar-refractivity contribution in [2.45, 2.75) is 58.3 Å². The van der Waals surface area contributed by atoms with E-state index in [9.17, 15) is 14.0 Å². The molecule has 1 rings (SSSR count). The predicted molar refractivity (Wildman–Crippen MR) is 81.6 cm³/mol. The Morgan fingerprint density at radius 2 is 1.73 bits per heavy atom. The Morgan fingerprint density at radius 1 is 1.09 bits per heavy atom. The number of esters is 1. The zero-order valence-electron chi connectivity index (χ0n) is 12.9. The molecule has 5 heteroatoms. The van der Waals surface area contributed by atoms with E-state index in [1.165, 1.54) is 37.8 Å². The number of rotatable bonds is 10. The number of carbonyl (C=O) groups is 2. The van der Waals surface area contributed by atoms with E-state index in [-0.39, 0.29) is 17.7 Å². The number of hydrogen-bond acceptors (Lipinski definition) is 3. The van der Waals surface area contributed by atoms with Crippen LogP contribution in [0.2, 0.25) is 0 Å². The summed E-state index contributed by atoms with van der Waals surface area (Å²) in [6, 6.07) is 3.22. The Labute approximate surface area is 130 Å². The Kier molecular flexibility index (Phi) is 8.18. The van der Waals surface area contributed by atoms with Gasteiger partial charge in [0.2, 0.25) is 0 Å². The number of carboxylic acids is 1. The molecule has 1 aromatic rings. The van der Waals surface area contributed by atoms with Crippen molar-refractivity contribution in [1.29, 1.82) is 0 Å². The number of halogens is 1. The molecule has 122 valence electrons. The molecule has 0 fully saturated rings. The molecule has 1 N–H and O–H groups in total. The van der Waals surface area contributed by atoms with Crippen LogP contribution in [-0.2, 0) is 4.79 Å². The SMILES string of the molecule is CCCCCCCCCC(=O)Oc1ccc(C(=O)O)cc1F. The average Bonchev–Trinajstić information content (AvgIpc) is 2.48. The molecule has 0 unspecified atom stereocenters. The Bertz CT molecular complexity index is 499. The van der Waals surface area contributed by atoms with Crippen LogP contribution in [0.3, 0.4) is 0 Å². The Balaban J connectivity index is 2.29. The van der Waals surface area contributed by atoms with Crippen LogP contribution in [0.25, 0.3) is 0 Å². The van der Waals surface area contributed by atoms with Crippen molar-refractivity contribution in [2.24, 2.45) is 0 Å². The second-order valence-electron chi connectivity index (χ2n) is 5.30. The first-order valence-electron chi connectivity index (χ1n) is 7.78. The lowest BCUT2D eigenvalue weighted by molar-refractivity contribution is -0.134. The monoisotopic (exact) mass is 310 g/mol. The van der Waals surface area contributed by atoms with Crippen molar-refractivity contribution in [2.75, 3.05) is 0 Å². The van der Waals surface area contributed by atoms with Crippen LogP contribution in [0.1, 0.15) is 68.6 Å². The maximum atomic E-state index is 13.6. The lowest BCUT2D eigenvalue weighted by Gasteiger charge is -2.06. The van der Waals surface area contributed by atoms with E-state index >= 15 is 0 Å². The van der Waals surface area contributed by atoms with Crippen LogP contribution >= 0.6 is 0 Å². The van der Waals surface area contributed by atoms with Gasteiger partial charge in [0.1, 0.15) is 0 Å². The molecule has 1 aromatic carbocycles. The fourth-order valence-electron chi connectivity index (χ4n) is 2.12. The first kappa shape index (κ1) is 18.1. The van der Waals surface area contributed by atoms with Gasteiger partial charge >= 0.3 is 11.9 Å². The van der Waals surface area contributed by atoms with E-state index in [2.05, 4.69) is 6.92 Å². The van der Waals surface area contributed by atoms with Crippen LogP contribution in [0.4, 0.5) is 4.39 Å². The van der Waals surface area contributed by atoms with Gasteiger partial charge in [0.05, 0.1) is 5.56 Å². The third kappa shape index (κ3) is 6.70. The molecule has 0 saturated carbocycles. The van der Waals surface area contributed by atoms with Gasteiger partial charge in [0.15, 0.2) is 11.6 Å². The number of aromatic carboxylic acids is 1. The summed E-state index contributed by atoms with van der Waals surface area (Å²) in [7, 11) is 0. The molecule has 0 bridgehead atoms. The van der Waals surface area contributed by atoms with Crippen LogP contribution in [-0.4, -0.2) is 17.0 Å². The lowest BCUT2D eigenvalue weighted by atomic mass is 10.1. The van der Waals surface area contributed by atoms with Gasteiger partial charge in [0, 0.05) is 6.42 Å². The highest BCUT2D eigenvalue weighted by Gasteiger charge is 2.12. The van der Waals surface area contributed by atoms with Crippen molar-refractivity contribution < 1.29 is 23.8 Å². The first-order chi connectivity index (χ1) is 10.5. The van der Waals surface area contributed by atoms with E-state index in [1.807, 2.05) is 0 Å². The Hall–Kier alpha value is -1.91. The summed E-state index contributed by atoms with van der Waals surface area (Å²) in [5.41, 5.74) is -0.177. The van der Waals surface area contributed by atoms with E-state index in [0.717, 1.165) is 25.3 Å². The van der Waals surface area contributed by atoms with Crippen molar-refractivity contribution in [3.63, 3.8) is 0 Å². The molecule has 0 aromatic heterocycles. The third-order valence-electron chi connectivity index (χ3n) is 3.39. The van der Waals surface area contributed by atoms with Crippen molar-refractivity contribution in [3.05, 3.63) is 29.6 Å². The first-order valence-corrected chi connectivity index (χ1v) is 7.78. The number of benzene rings is 1. The lowest BCUT2D eigenvalue weighted by Crippen LogP contribution is -2.09. The molecule has 0 aliphatic carbocycles. The molecule has 0 spiro atoms. The molecular weight excluding hydrogens is 287 g/mol. The molecule has 0 amide bonds. The molecule has 0 aliphatic heterocycles.